The minimum atomic E-state index is 0.352. The van der Waals surface area contributed by atoms with Crippen molar-refractivity contribution in [2.75, 3.05) is 26.2 Å². The van der Waals surface area contributed by atoms with Gasteiger partial charge < -0.3 is 10.4 Å². The topological polar surface area (TPSA) is 35.5 Å². The van der Waals surface area contributed by atoms with E-state index in [9.17, 15) is 5.11 Å². The van der Waals surface area contributed by atoms with Gasteiger partial charge in [-0.05, 0) is 36.1 Å². The molecule has 0 aliphatic carbocycles. The van der Waals surface area contributed by atoms with Gasteiger partial charge in [0.2, 0.25) is 0 Å². The minimum absolute atomic E-state index is 0.352. The van der Waals surface area contributed by atoms with Crippen molar-refractivity contribution in [2.24, 2.45) is 5.92 Å². The average molecular weight is 283 g/mol. The Hall–Kier alpha value is -0.770. The molecule has 1 unspecified atom stereocenters. The van der Waals surface area contributed by atoms with E-state index in [0.29, 0.717) is 22.7 Å². The molecule has 0 radical (unpaired) electrons. The minimum Gasteiger partial charge on any atom is -0.508 e. The number of phenols is 1. The first-order valence-electron chi connectivity index (χ1n) is 7.00. The van der Waals surface area contributed by atoms with Crippen LogP contribution in [0.5, 0.6) is 5.75 Å². The monoisotopic (exact) mass is 282 g/mol. The Morgan fingerprint density at radius 2 is 2.00 bits per heavy atom. The summed E-state index contributed by atoms with van der Waals surface area (Å²) in [4.78, 5) is 2.52. The number of phenolic OH excluding ortho intramolecular Hbond substituents is 1. The predicted octanol–water partition coefficient (Wildman–Crippen LogP) is 2.52. The van der Waals surface area contributed by atoms with E-state index in [1.54, 1.807) is 12.1 Å². The molecule has 0 aromatic heterocycles. The molecular formula is C15H23ClN2O. The molecule has 19 heavy (non-hydrogen) atoms. The number of nitrogens with zero attached hydrogens (tertiary/aromatic N) is 1. The quantitative estimate of drug-likeness (QED) is 0.891. The smallest absolute Gasteiger partial charge is 0.118 e. The molecule has 0 saturated carbocycles. The number of hydrogen-bond acceptors (Lipinski definition) is 3. The lowest BCUT2D eigenvalue weighted by Gasteiger charge is -2.37. The number of piperazine rings is 1. The predicted molar refractivity (Wildman–Crippen MR) is 79.9 cm³/mol. The zero-order valence-electron chi connectivity index (χ0n) is 11.7. The van der Waals surface area contributed by atoms with Crippen LogP contribution in [0.4, 0.5) is 0 Å². The van der Waals surface area contributed by atoms with Gasteiger partial charge in [-0.2, -0.15) is 0 Å². The lowest BCUT2D eigenvalue weighted by atomic mass is 9.94. The molecule has 1 atom stereocenters. The van der Waals surface area contributed by atoms with Gasteiger partial charge in [-0.25, -0.2) is 0 Å². The molecule has 2 rings (SSSR count). The van der Waals surface area contributed by atoms with Gasteiger partial charge in [0.25, 0.3) is 0 Å². The fraction of sp³-hybridized carbons (Fsp3) is 0.600. The van der Waals surface area contributed by atoms with Gasteiger partial charge in [0.15, 0.2) is 0 Å². The highest BCUT2D eigenvalue weighted by molar-refractivity contribution is 6.30. The third-order valence-corrected chi connectivity index (χ3v) is 4.10. The molecule has 2 N–H and O–H groups in total. The van der Waals surface area contributed by atoms with Crippen LogP contribution < -0.4 is 5.32 Å². The highest BCUT2D eigenvalue weighted by Gasteiger charge is 2.24. The standard InChI is InChI=1S/C15H23ClN2O/c1-11(2)14(18-7-5-17-6-8-18)10-12-9-13(16)3-4-15(12)19/h3-4,9,11,14,17,19H,5-8,10H2,1-2H3. The molecule has 1 fully saturated rings. The van der Waals surface area contributed by atoms with Gasteiger partial charge in [0.1, 0.15) is 5.75 Å². The summed E-state index contributed by atoms with van der Waals surface area (Å²) in [7, 11) is 0. The first kappa shape index (κ1) is 14.6. The van der Waals surface area contributed by atoms with Crippen molar-refractivity contribution in [2.45, 2.75) is 26.3 Å². The summed E-state index contributed by atoms with van der Waals surface area (Å²) in [5.74, 6) is 0.904. The first-order chi connectivity index (χ1) is 9.08. The van der Waals surface area contributed by atoms with Crippen LogP contribution in [0.25, 0.3) is 0 Å². The summed E-state index contributed by atoms with van der Waals surface area (Å²) in [5.41, 5.74) is 0.949. The van der Waals surface area contributed by atoms with Crippen LogP contribution in [0.15, 0.2) is 18.2 Å². The van der Waals surface area contributed by atoms with Crippen molar-refractivity contribution in [3.63, 3.8) is 0 Å². The van der Waals surface area contributed by atoms with E-state index in [1.165, 1.54) is 0 Å². The molecule has 0 bridgehead atoms. The fourth-order valence-corrected chi connectivity index (χ4v) is 2.94. The lowest BCUT2D eigenvalue weighted by molar-refractivity contribution is 0.135. The van der Waals surface area contributed by atoms with E-state index >= 15 is 0 Å². The normalized spacial score (nSPS) is 18.7. The summed E-state index contributed by atoms with van der Waals surface area (Å²) < 4.78 is 0. The zero-order valence-corrected chi connectivity index (χ0v) is 12.5. The van der Waals surface area contributed by atoms with Crippen LogP contribution in [0.3, 0.4) is 0 Å². The number of aromatic hydroxyl groups is 1. The van der Waals surface area contributed by atoms with Crippen LogP contribution in [-0.4, -0.2) is 42.2 Å². The van der Waals surface area contributed by atoms with Gasteiger partial charge in [-0.3, -0.25) is 4.90 Å². The van der Waals surface area contributed by atoms with Crippen molar-refractivity contribution in [1.29, 1.82) is 0 Å². The van der Waals surface area contributed by atoms with Crippen molar-refractivity contribution in [1.82, 2.24) is 10.2 Å². The van der Waals surface area contributed by atoms with Crippen LogP contribution in [-0.2, 0) is 6.42 Å². The van der Waals surface area contributed by atoms with Gasteiger partial charge in [-0.15, -0.1) is 0 Å². The van der Waals surface area contributed by atoms with Crippen molar-refractivity contribution in [3.8, 4) is 5.75 Å². The Bertz CT molecular complexity index is 417. The molecule has 106 valence electrons. The molecule has 1 aliphatic rings. The summed E-state index contributed by atoms with van der Waals surface area (Å²) in [5, 5.41) is 14.0. The fourth-order valence-electron chi connectivity index (χ4n) is 2.74. The third-order valence-electron chi connectivity index (χ3n) is 3.86. The average Bonchev–Trinajstić information content (AvgIpc) is 2.40. The van der Waals surface area contributed by atoms with E-state index in [4.69, 9.17) is 11.6 Å². The molecule has 3 nitrogen and oxygen atoms in total. The Kier molecular flexibility index (Phi) is 5.08. The van der Waals surface area contributed by atoms with Crippen LogP contribution in [0.2, 0.25) is 5.02 Å². The lowest BCUT2D eigenvalue weighted by Crippen LogP contribution is -2.50. The summed E-state index contributed by atoms with van der Waals surface area (Å²) in [6.45, 7) is 8.73. The van der Waals surface area contributed by atoms with E-state index in [1.807, 2.05) is 6.07 Å². The van der Waals surface area contributed by atoms with Gasteiger partial charge in [0, 0.05) is 37.2 Å². The maximum absolute atomic E-state index is 9.97. The van der Waals surface area contributed by atoms with E-state index in [-0.39, 0.29) is 0 Å². The van der Waals surface area contributed by atoms with E-state index < -0.39 is 0 Å². The largest absolute Gasteiger partial charge is 0.508 e. The van der Waals surface area contributed by atoms with Gasteiger partial charge >= 0.3 is 0 Å². The highest BCUT2D eigenvalue weighted by Crippen LogP contribution is 2.26. The first-order valence-corrected chi connectivity index (χ1v) is 7.38. The van der Waals surface area contributed by atoms with Crippen LogP contribution in [0.1, 0.15) is 19.4 Å². The molecule has 0 amide bonds. The third kappa shape index (κ3) is 3.85. The number of nitrogens with one attached hydrogen (secondary N) is 1. The summed E-state index contributed by atoms with van der Waals surface area (Å²) in [6, 6.07) is 5.75. The molecule has 1 aliphatic heterocycles. The van der Waals surface area contributed by atoms with Gasteiger partial charge in [-0.1, -0.05) is 25.4 Å². The van der Waals surface area contributed by atoms with Crippen molar-refractivity contribution >= 4 is 11.6 Å². The number of benzene rings is 1. The summed E-state index contributed by atoms with van der Waals surface area (Å²) >= 11 is 6.03. The SMILES string of the molecule is CC(C)C(Cc1cc(Cl)ccc1O)N1CCNCC1. The molecule has 1 aromatic carbocycles. The number of rotatable bonds is 4. The molecule has 1 aromatic rings. The Balaban J connectivity index is 2.13. The van der Waals surface area contributed by atoms with Gasteiger partial charge in [0.05, 0.1) is 0 Å². The summed E-state index contributed by atoms with van der Waals surface area (Å²) in [6.07, 6.45) is 0.851. The van der Waals surface area contributed by atoms with Crippen molar-refractivity contribution < 1.29 is 5.11 Å². The maximum Gasteiger partial charge on any atom is 0.118 e. The van der Waals surface area contributed by atoms with E-state index in [0.717, 1.165) is 38.2 Å². The van der Waals surface area contributed by atoms with Crippen LogP contribution >= 0.6 is 11.6 Å². The van der Waals surface area contributed by atoms with E-state index in [2.05, 4.69) is 24.1 Å². The molecular weight excluding hydrogens is 260 g/mol. The highest BCUT2D eigenvalue weighted by atomic mass is 35.5. The molecule has 1 saturated heterocycles. The molecule has 0 spiro atoms. The zero-order chi connectivity index (χ0) is 13.8. The second-order valence-electron chi connectivity index (χ2n) is 5.57. The second kappa shape index (κ2) is 6.60. The number of halogens is 1. The van der Waals surface area contributed by atoms with Crippen LogP contribution in [0, 0.1) is 5.92 Å². The molecule has 4 heteroatoms. The Labute approximate surface area is 120 Å². The number of hydrogen-bond donors (Lipinski definition) is 2. The Morgan fingerprint density at radius 1 is 1.32 bits per heavy atom. The second-order valence-corrected chi connectivity index (χ2v) is 6.01. The van der Waals surface area contributed by atoms with Crippen molar-refractivity contribution in [3.05, 3.63) is 28.8 Å². The maximum atomic E-state index is 9.97. The Morgan fingerprint density at radius 3 is 2.63 bits per heavy atom. The molecule has 1 heterocycles.